The highest BCUT2D eigenvalue weighted by Crippen LogP contribution is 2.28. The Bertz CT molecular complexity index is 936. The van der Waals surface area contributed by atoms with Crippen LogP contribution < -0.4 is 10.2 Å². The van der Waals surface area contributed by atoms with Crippen molar-refractivity contribution in [2.24, 2.45) is 0 Å². The quantitative estimate of drug-likeness (QED) is 0.669. The van der Waals surface area contributed by atoms with Gasteiger partial charge in [-0.05, 0) is 43.0 Å². The maximum Gasteiger partial charge on any atom is 0.252 e. The third-order valence-electron chi connectivity index (χ3n) is 5.72. The molecule has 4 rings (SSSR count). The first-order valence-corrected chi connectivity index (χ1v) is 12.5. The van der Waals surface area contributed by atoms with Gasteiger partial charge in [-0.1, -0.05) is 18.2 Å². The summed E-state index contributed by atoms with van der Waals surface area (Å²) in [6.07, 6.45) is 0. The molecule has 2 aromatic rings. The molecule has 30 heavy (non-hydrogen) atoms. The van der Waals surface area contributed by atoms with Crippen molar-refractivity contribution in [1.82, 2.24) is 9.62 Å². The molecular formula is C21H29N3O4S2. The van der Waals surface area contributed by atoms with Crippen LogP contribution >= 0.6 is 11.3 Å². The molecule has 2 N–H and O–H groups in total. The van der Waals surface area contributed by atoms with Crippen molar-refractivity contribution in [3.05, 3.63) is 47.3 Å². The predicted molar refractivity (Wildman–Crippen MR) is 119 cm³/mol. The van der Waals surface area contributed by atoms with Crippen LogP contribution in [0.1, 0.15) is 19.4 Å². The standard InChI is InChI=1S/C21H29N3O4S2/c1-21(2,25)16-5-7-18(8-6-16)24-10-9-23(30(26,27)20-4-3-11-29-20)13-19(24)12-22-17-14-28-15-17/h3-8,11,17,19,22,25H,9-10,12-15H2,1-2H3/t19-/m0/s1. The molecule has 2 aliphatic rings. The number of nitrogens with zero attached hydrogens (tertiary/aromatic N) is 2. The molecule has 1 aromatic carbocycles. The fourth-order valence-corrected chi connectivity index (χ4v) is 6.43. The van der Waals surface area contributed by atoms with E-state index in [2.05, 4.69) is 10.2 Å². The highest BCUT2D eigenvalue weighted by Gasteiger charge is 2.35. The Morgan fingerprint density at radius 2 is 1.93 bits per heavy atom. The number of piperazine rings is 1. The molecule has 2 aliphatic heterocycles. The summed E-state index contributed by atoms with van der Waals surface area (Å²) in [7, 11) is -3.47. The second kappa shape index (κ2) is 8.57. The Hall–Kier alpha value is -1.49. The number of nitrogens with one attached hydrogen (secondary N) is 1. The van der Waals surface area contributed by atoms with E-state index in [-0.39, 0.29) is 6.04 Å². The highest BCUT2D eigenvalue weighted by molar-refractivity contribution is 7.91. The third-order valence-corrected chi connectivity index (χ3v) is 8.96. The van der Waals surface area contributed by atoms with Gasteiger partial charge < -0.3 is 20.1 Å². The second-order valence-electron chi connectivity index (χ2n) is 8.39. The number of anilines is 1. The zero-order valence-electron chi connectivity index (χ0n) is 17.3. The highest BCUT2D eigenvalue weighted by atomic mass is 32.2. The number of benzene rings is 1. The van der Waals surface area contributed by atoms with Gasteiger partial charge in [-0.25, -0.2) is 8.42 Å². The summed E-state index contributed by atoms with van der Waals surface area (Å²) in [5, 5.41) is 15.5. The van der Waals surface area contributed by atoms with Crippen molar-refractivity contribution in [3.63, 3.8) is 0 Å². The number of aliphatic hydroxyl groups is 1. The lowest BCUT2D eigenvalue weighted by molar-refractivity contribution is -0.00580. The lowest BCUT2D eigenvalue weighted by atomic mass is 9.98. The van der Waals surface area contributed by atoms with Crippen LogP contribution in [0.2, 0.25) is 0 Å². The van der Waals surface area contributed by atoms with Gasteiger partial charge in [0.15, 0.2) is 0 Å². The molecule has 3 heterocycles. The van der Waals surface area contributed by atoms with Gasteiger partial charge in [-0.3, -0.25) is 0 Å². The van der Waals surface area contributed by atoms with E-state index >= 15 is 0 Å². The summed E-state index contributed by atoms with van der Waals surface area (Å²) in [6.45, 7) is 7.09. The first-order valence-electron chi connectivity index (χ1n) is 10.2. The normalized spacial score (nSPS) is 21.6. The molecule has 0 aliphatic carbocycles. The smallest absolute Gasteiger partial charge is 0.252 e. The first kappa shape index (κ1) is 21.7. The minimum atomic E-state index is -3.47. The van der Waals surface area contributed by atoms with Crippen LogP contribution in [0, 0.1) is 0 Å². The van der Waals surface area contributed by atoms with Crippen molar-refractivity contribution in [1.29, 1.82) is 0 Å². The van der Waals surface area contributed by atoms with Gasteiger partial charge in [0.25, 0.3) is 10.0 Å². The summed E-state index contributed by atoms with van der Waals surface area (Å²) >= 11 is 1.26. The molecule has 7 nitrogen and oxygen atoms in total. The number of hydrogen-bond acceptors (Lipinski definition) is 7. The van der Waals surface area contributed by atoms with Crippen LogP contribution in [0.25, 0.3) is 0 Å². The average molecular weight is 452 g/mol. The van der Waals surface area contributed by atoms with Gasteiger partial charge in [0.2, 0.25) is 0 Å². The molecule has 0 bridgehead atoms. The number of hydrogen-bond donors (Lipinski definition) is 2. The van der Waals surface area contributed by atoms with Crippen molar-refractivity contribution in [2.75, 3.05) is 44.3 Å². The minimum Gasteiger partial charge on any atom is -0.386 e. The maximum absolute atomic E-state index is 13.0. The monoisotopic (exact) mass is 451 g/mol. The molecule has 1 aromatic heterocycles. The molecule has 0 radical (unpaired) electrons. The number of rotatable bonds is 7. The lowest BCUT2D eigenvalue weighted by Crippen LogP contribution is -2.60. The summed E-state index contributed by atoms with van der Waals surface area (Å²) in [4.78, 5) is 2.26. The SMILES string of the molecule is CC(C)(O)c1ccc(N2CCN(S(=O)(=O)c3cccs3)C[C@@H]2CNC2COC2)cc1. The van der Waals surface area contributed by atoms with E-state index in [4.69, 9.17) is 4.74 Å². The van der Waals surface area contributed by atoms with E-state index in [1.165, 1.54) is 11.3 Å². The van der Waals surface area contributed by atoms with E-state index in [1.807, 2.05) is 24.3 Å². The zero-order valence-corrected chi connectivity index (χ0v) is 19.0. The van der Waals surface area contributed by atoms with Crippen molar-refractivity contribution < 1.29 is 18.3 Å². The molecule has 164 valence electrons. The van der Waals surface area contributed by atoms with E-state index in [9.17, 15) is 13.5 Å². The van der Waals surface area contributed by atoms with Gasteiger partial charge in [-0.15, -0.1) is 11.3 Å². The van der Waals surface area contributed by atoms with Crippen molar-refractivity contribution in [3.8, 4) is 0 Å². The lowest BCUT2D eigenvalue weighted by Gasteiger charge is -2.43. The predicted octanol–water partition coefficient (Wildman–Crippen LogP) is 1.84. The molecule has 0 amide bonds. The fraction of sp³-hybridized carbons (Fsp3) is 0.524. The number of sulfonamides is 1. The number of thiophene rings is 1. The van der Waals surface area contributed by atoms with Gasteiger partial charge in [0, 0.05) is 31.9 Å². The van der Waals surface area contributed by atoms with Gasteiger partial charge in [0.05, 0.1) is 30.9 Å². The minimum absolute atomic E-state index is 0.00192. The van der Waals surface area contributed by atoms with Gasteiger partial charge in [0.1, 0.15) is 4.21 Å². The molecule has 0 spiro atoms. The van der Waals surface area contributed by atoms with E-state index in [0.717, 1.165) is 11.3 Å². The third kappa shape index (κ3) is 4.56. The molecule has 2 saturated heterocycles. The first-order chi connectivity index (χ1) is 14.2. The van der Waals surface area contributed by atoms with Crippen LogP contribution in [-0.2, 0) is 20.4 Å². The van der Waals surface area contributed by atoms with Crippen molar-refractivity contribution in [2.45, 2.75) is 35.7 Å². The summed E-state index contributed by atoms with van der Waals surface area (Å²) < 4.78 is 33.3. The topological polar surface area (TPSA) is 82.1 Å². The fourth-order valence-electron chi connectivity index (χ4n) is 3.81. The van der Waals surface area contributed by atoms with Crippen LogP contribution in [-0.4, -0.2) is 69.3 Å². The summed E-state index contributed by atoms with van der Waals surface area (Å²) in [5.41, 5.74) is 0.997. The molecule has 9 heteroatoms. The second-order valence-corrected chi connectivity index (χ2v) is 11.5. The molecular weight excluding hydrogens is 422 g/mol. The molecule has 1 atom stereocenters. The Morgan fingerprint density at radius 3 is 2.50 bits per heavy atom. The van der Waals surface area contributed by atoms with E-state index < -0.39 is 15.6 Å². The summed E-state index contributed by atoms with van der Waals surface area (Å²) in [5.74, 6) is 0. The number of ether oxygens (including phenoxy) is 1. The van der Waals surface area contributed by atoms with Gasteiger partial charge >= 0.3 is 0 Å². The largest absolute Gasteiger partial charge is 0.386 e. The van der Waals surface area contributed by atoms with Crippen LogP contribution in [0.15, 0.2) is 46.0 Å². The Kier molecular flexibility index (Phi) is 6.20. The van der Waals surface area contributed by atoms with Crippen molar-refractivity contribution >= 4 is 27.0 Å². The molecule has 0 saturated carbocycles. The van der Waals surface area contributed by atoms with E-state index in [0.29, 0.717) is 49.6 Å². The van der Waals surface area contributed by atoms with Crippen LogP contribution in [0.5, 0.6) is 0 Å². The van der Waals surface area contributed by atoms with E-state index in [1.54, 1.807) is 35.7 Å². The average Bonchev–Trinajstić information content (AvgIpc) is 3.22. The Labute approximate surface area is 182 Å². The van der Waals surface area contributed by atoms with Crippen LogP contribution in [0.4, 0.5) is 5.69 Å². The Morgan fingerprint density at radius 1 is 1.20 bits per heavy atom. The zero-order chi connectivity index (χ0) is 21.4. The molecule has 0 unspecified atom stereocenters. The van der Waals surface area contributed by atoms with Gasteiger partial charge in [-0.2, -0.15) is 4.31 Å². The Balaban J connectivity index is 1.54. The summed E-state index contributed by atoms with van der Waals surface area (Å²) in [6, 6.07) is 11.7. The molecule has 2 fully saturated rings. The van der Waals surface area contributed by atoms with Crippen LogP contribution in [0.3, 0.4) is 0 Å². The maximum atomic E-state index is 13.0.